The van der Waals surface area contributed by atoms with Crippen LogP contribution in [0.5, 0.6) is 5.75 Å². The Kier molecular flexibility index (Phi) is 5.96. The van der Waals surface area contributed by atoms with Crippen molar-refractivity contribution in [2.45, 2.75) is 13.5 Å². The number of carbonyl (C=O) groups excluding carboxylic acids is 1. The van der Waals surface area contributed by atoms with Crippen molar-refractivity contribution in [2.75, 3.05) is 13.2 Å². The third kappa shape index (κ3) is 4.69. The summed E-state index contributed by atoms with van der Waals surface area (Å²) in [4.78, 5) is 12.2. The Morgan fingerprint density at radius 1 is 1.14 bits per heavy atom. The molecule has 110 valence electrons. The van der Waals surface area contributed by atoms with Gasteiger partial charge in [-0.15, -0.1) is 0 Å². The highest BCUT2D eigenvalue weighted by Gasteiger charge is 2.11. The zero-order valence-corrected chi connectivity index (χ0v) is 13.4. The third-order valence-corrected chi connectivity index (χ3v) is 3.37. The van der Waals surface area contributed by atoms with Gasteiger partial charge in [-0.1, -0.05) is 40.2 Å². The van der Waals surface area contributed by atoms with E-state index in [0.29, 0.717) is 24.5 Å². The minimum absolute atomic E-state index is 0.0383. The van der Waals surface area contributed by atoms with Crippen LogP contribution < -0.4 is 4.74 Å². The Bertz CT molecular complexity index is 610. The zero-order valence-electron chi connectivity index (χ0n) is 11.8. The number of rotatable bonds is 7. The molecule has 0 radical (unpaired) electrons. The van der Waals surface area contributed by atoms with Crippen molar-refractivity contribution in [3.63, 3.8) is 0 Å². The fourth-order valence-corrected chi connectivity index (χ4v) is 2.39. The molecule has 3 nitrogen and oxygen atoms in total. The van der Waals surface area contributed by atoms with Gasteiger partial charge < -0.3 is 9.47 Å². The lowest BCUT2D eigenvalue weighted by Crippen LogP contribution is -2.11. The molecule has 0 N–H and O–H groups in total. The van der Waals surface area contributed by atoms with Crippen molar-refractivity contribution in [1.82, 2.24) is 0 Å². The summed E-state index contributed by atoms with van der Waals surface area (Å²) in [6, 6.07) is 15.1. The largest absolute Gasteiger partial charge is 0.493 e. The van der Waals surface area contributed by atoms with E-state index in [4.69, 9.17) is 9.47 Å². The van der Waals surface area contributed by atoms with Crippen molar-refractivity contribution < 1.29 is 14.3 Å². The summed E-state index contributed by atoms with van der Waals surface area (Å²) in [6.07, 6.45) is 0. The second-order valence-corrected chi connectivity index (χ2v) is 5.39. The molecule has 21 heavy (non-hydrogen) atoms. The molecule has 0 aromatic heterocycles. The molecule has 0 unspecified atom stereocenters. The minimum Gasteiger partial charge on any atom is -0.493 e. The Morgan fingerprint density at radius 3 is 2.71 bits per heavy atom. The SMILES string of the molecule is CCOc1ccccc1C(=O)COCc1cccc(Br)c1. The van der Waals surface area contributed by atoms with Crippen molar-refractivity contribution in [2.24, 2.45) is 0 Å². The maximum atomic E-state index is 12.2. The average Bonchev–Trinajstić information content (AvgIpc) is 2.48. The molecular weight excluding hydrogens is 332 g/mol. The van der Waals surface area contributed by atoms with Gasteiger partial charge in [0, 0.05) is 4.47 Å². The Labute approximate surface area is 133 Å². The molecule has 0 bridgehead atoms. The molecule has 0 fully saturated rings. The number of benzene rings is 2. The molecule has 0 saturated heterocycles. The number of para-hydroxylation sites is 1. The molecule has 0 saturated carbocycles. The number of hydrogen-bond donors (Lipinski definition) is 0. The first kappa shape index (κ1) is 15.7. The van der Waals surface area contributed by atoms with E-state index < -0.39 is 0 Å². The van der Waals surface area contributed by atoms with Crippen LogP contribution in [0.4, 0.5) is 0 Å². The number of carbonyl (C=O) groups is 1. The highest BCUT2D eigenvalue weighted by Crippen LogP contribution is 2.19. The molecular formula is C17H17BrO3. The zero-order chi connectivity index (χ0) is 15.1. The van der Waals surface area contributed by atoms with Crippen LogP contribution in [-0.2, 0) is 11.3 Å². The highest BCUT2D eigenvalue weighted by molar-refractivity contribution is 9.10. The fraction of sp³-hybridized carbons (Fsp3) is 0.235. The van der Waals surface area contributed by atoms with Gasteiger partial charge in [0.2, 0.25) is 0 Å². The van der Waals surface area contributed by atoms with Gasteiger partial charge in [-0.3, -0.25) is 4.79 Å². The summed E-state index contributed by atoms with van der Waals surface area (Å²) < 4.78 is 12.0. The molecule has 0 heterocycles. The fourth-order valence-electron chi connectivity index (χ4n) is 1.94. The van der Waals surface area contributed by atoms with Crippen molar-refractivity contribution in [1.29, 1.82) is 0 Å². The van der Waals surface area contributed by atoms with Crippen LogP contribution in [0.3, 0.4) is 0 Å². The molecule has 2 rings (SSSR count). The summed E-state index contributed by atoms with van der Waals surface area (Å²) in [5.74, 6) is 0.533. The van der Waals surface area contributed by atoms with E-state index in [1.54, 1.807) is 12.1 Å². The second-order valence-electron chi connectivity index (χ2n) is 4.48. The average molecular weight is 349 g/mol. The lowest BCUT2D eigenvalue weighted by atomic mass is 10.1. The summed E-state index contributed by atoms with van der Waals surface area (Å²) in [5.41, 5.74) is 1.59. The van der Waals surface area contributed by atoms with Gasteiger partial charge in [-0.25, -0.2) is 0 Å². The number of Topliss-reactive ketones (excluding diaryl/α,β-unsaturated/α-hetero) is 1. The Balaban J connectivity index is 1.93. The van der Waals surface area contributed by atoms with Crippen molar-refractivity contribution in [3.8, 4) is 5.75 Å². The first-order chi connectivity index (χ1) is 10.2. The molecule has 0 spiro atoms. The number of ether oxygens (including phenoxy) is 2. The van der Waals surface area contributed by atoms with E-state index in [-0.39, 0.29) is 12.4 Å². The number of halogens is 1. The molecule has 0 aliphatic rings. The van der Waals surface area contributed by atoms with Crippen LogP contribution in [0.25, 0.3) is 0 Å². The molecule has 0 atom stereocenters. The van der Waals surface area contributed by atoms with Crippen molar-refractivity contribution >= 4 is 21.7 Å². The molecule has 2 aromatic rings. The Hall–Kier alpha value is -1.65. The van der Waals surface area contributed by atoms with E-state index in [0.717, 1.165) is 10.0 Å². The van der Waals surface area contributed by atoms with Gasteiger partial charge in [-0.2, -0.15) is 0 Å². The summed E-state index contributed by atoms with van der Waals surface area (Å²) in [5, 5.41) is 0. The van der Waals surface area contributed by atoms with Gasteiger partial charge in [0.05, 0.1) is 18.8 Å². The first-order valence-electron chi connectivity index (χ1n) is 6.78. The van der Waals surface area contributed by atoms with Crippen LogP contribution in [0.15, 0.2) is 53.0 Å². The molecule has 2 aromatic carbocycles. The maximum Gasteiger partial charge on any atom is 0.192 e. The normalized spacial score (nSPS) is 10.4. The van der Waals surface area contributed by atoms with E-state index in [1.807, 2.05) is 43.3 Å². The monoisotopic (exact) mass is 348 g/mol. The van der Waals surface area contributed by atoms with Crippen LogP contribution in [0, 0.1) is 0 Å². The van der Waals surface area contributed by atoms with Crippen molar-refractivity contribution in [3.05, 3.63) is 64.1 Å². The smallest absolute Gasteiger partial charge is 0.192 e. The predicted octanol–water partition coefficient (Wildman–Crippen LogP) is 4.25. The second kappa shape index (κ2) is 7.96. The lowest BCUT2D eigenvalue weighted by Gasteiger charge is -2.09. The molecule has 4 heteroatoms. The molecule has 0 amide bonds. The predicted molar refractivity (Wildman–Crippen MR) is 85.7 cm³/mol. The van der Waals surface area contributed by atoms with Crippen LogP contribution in [0.2, 0.25) is 0 Å². The summed E-state index contributed by atoms with van der Waals surface area (Å²) in [7, 11) is 0. The van der Waals surface area contributed by atoms with Gasteiger partial charge in [0.15, 0.2) is 5.78 Å². The summed E-state index contributed by atoms with van der Waals surface area (Å²) >= 11 is 3.41. The molecule has 0 aliphatic heterocycles. The standard InChI is InChI=1S/C17H17BrO3/c1-2-21-17-9-4-3-8-15(17)16(19)12-20-11-13-6-5-7-14(18)10-13/h3-10H,2,11-12H2,1H3. The third-order valence-electron chi connectivity index (χ3n) is 2.88. The van der Waals surface area contributed by atoms with Gasteiger partial charge in [0.1, 0.15) is 12.4 Å². The van der Waals surface area contributed by atoms with Crippen LogP contribution in [0.1, 0.15) is 22.8 Å². The van der Waals surface area contributed by atoms with Crippen LogP contribution >= 0.6 is 15.9 Å². The van der Waals surface area contributed by atoms with Gasteiger partial charge in [0.25, 0.3) is 0 Å². The van der Waals surface area contributed by atoms with E-state index in [2.05, 4.69) is 15.9 Å². The quantitative estimate of drug-likeness (QED) is 0.701. The maximum absolute atomic E-state index is 12.2. The number of hydrogen-bond acceptors (Lipinski definition) is 3. The Morgan fingerprint density at radius 2 is 1.95 bits per heavy atom. The minimum atomic E-state index is -0.0750. The van der Waals surface area contributed by atoms with E-state index in [9.17, 15) is 4.79 Å². The summed E-state index contributed by atoms with van der Waals surface area (Å²) in [6.45, 7) is 2.87. The van der Waals surface area contributed by atoms with E-state index >= 15 is 0 Å². The van der Waals surface area contributed by atoms with Crippen LogP contribution in [-0.4, -0.2) is 19.0 Å². The highest BCUT2D eigenvalue weighted by atomic mass is 79.9. The molecule has 0 aliphatic carbocycles. The number of ketones is 1. The first-order valence-corrected chi connectivity index (χ1v) is 7.57. The van der Waals surface area contributed by atoms with Gasteiger partial charge >= 0.3 is 0 Å². The van der Waals surface area contributed by atoms with Gasteiger partial charge in [-0.05, 0) is 36.8 Å². The lowest BCUT2D eigenvalue weighted by molar-refractivity contribution is 0.0723. The van der Waals surface area contributed by atoms with E-state index in [1.165, 1.54) is 0 Å². The topological polar surface area (TPSA) is 35.5 Å².